The molecule has 0 N–H and O–H groups in total. The average molecular weight is 733 g/mol. The minimum atomic E-state index is 0. The molecule has 0 aromatic heterocycles. The minimum absolute atomic E-state index is 0. The molecular weight excluding hydrogens is 663 g/mol. The Morgan fingerprint density at radius 2 is 0.809 bits per heavy atom. The van der Waals surface area contributed by atoms with Gasteiger partial charge in [-0.25, -0.2) is 4.70 Å². The molecule has 3 rings (SSSR count). The van der Waals surface area contributed by atoms with Gasteiger partial charge in [-0.3, -0.25) is 0 Å². The van der Waals surface area contributed by atoms with Crippen molar-refractivity contribution in [1.82, 2.24) is 0 Å². The summed E-state index contributed by atoms with van der Waals surface area (Å²) < 4.78 is 1.59. The molecule has 1 aliphatic heterocycles. The predicted molar refractivity (Wildman–Crippen MR) is 206 cm³/mol. The van der Waals surface area contributed by atoms with Crippen LogP contribution < -0.4 is 0 Å². The summed E-state index contributed by atoms with van der Waals surface area (Å²) in [4.78, 5) is 0. The van der Waals surface area contributed by atoms with Crippen LogP contribution in [0.25, 0.3) is 16.9 Å². The van der Waals surface area contributed by atoms with E-state index in [1.54, 1.807) is 18.5 Å². The first-order valence-corrected chi connectivity index (χ1v) is 19.2. The van der Waals surface area contributed by atoms with Gasteiger partial charge >= 0.3 is 20.4 Å². The minimum Gasteiger partial charge on any atom is -0.493 e. The first kappa shape index (κ1) is 45.2. The maximum atomic E-state index is 12.1. The third-order valence-corrected chi connectivity index (χ3v) is 8.96. The van der Waals surface area contributed by atoms with Crippen LogP contribution in [0.15, 0.2) is 59.7 Å². The Morgan fingerprint density at radius 1 is 0.468 bits per heavy atom. The van der Waals surface area contributed by atoms with E-state index in [4.69, 9.17) is 0 Å². The Balaban J connectivity index is 0.00000407. The van der Waals surface area contributed by atoms with E-state index in [0.29, 0.717) is 0 Å². The van der Waals surface area contributed by atoms with Crippen molar-refractivity contribution in [3.05, 3.63) is 101 Å². The topological polar surface area (TPSA) is 25.3 Å². The molecule has 2 nitrogen and oxygen atoms in total. The van der Waals surface area contributed by atoms with Gasteiger partial charge < -0.3 is 19.4 Å². The molecule has 2 aromatic carbocycles. The van der Waals surface area contributed by atoms with Crippen molar-refractivity contribution in [2.45, 2.75) is 170 Å². The van der Waals surface area contributed by atoms with E-state index in [9.17, 15) is 5.53 Å². The predicted octanol–water partition coefficient (Wildman–Crippen LogP) is 14.7. The van der Waals surface area contributed by atoms with Gasteiger partial charge in [-0.1, -0.05) is 129 Å². The fourth-order valence-electron chi connectivity index (χ4n) is 6.48. The van der Waals surface area contributed by atoms with Crippen molar-refractivity contribution in [1.29, 1.82) is 0 Å². The number of unbranched alkanes of at least 4 members (excludes halogenated alkanes) is 12. The zero-order valence-electron chi connectivity index (χ0n) is 31.4. The van der Waals surface area contributed by atoms with E-state index in [2.05, 4.69) is 90.1 Å². The molecule has 0 fully saturated rings. The molecule has 0 saturated carbocycles. The first-order valence-electron chi connectivity index (χ1n) is 19.2. The summed E-state index contributed by atoms with van der Waals surface area (Å²) in [6.07, 6.45) is 24.5. The van der Waals surface area contributed by atoms with Gasteiger partial charge in [0.2, 0.25) is 11.4 Å². The van der Waals surface area contributed by atoms with Crippen LogP contribution in [-0.4, -0.2) is 4.70 Å². The molecule has 0 unspecified atom stereocenters. The molecule has 266 valence electrons. The van der Waals surface area contributed by atoms with Crippen molar-refractivity contribution in [2.75, 3.05) is 0 Å². The van der Waals surface area contributed by atoms with E-state index < -0.39 is 0 Å². The zero-order chi connectivity index (χ0) is 34.0. The Hall–Kier alpha value is -1.82. The van der Waals surface area contributed by atoms with Gasteiger partial charge in [0, 0.05) is 22.3 Å². The fourth-order valence-corrected chi connectivity index (χ4v) is 6.48. The second-order valence-corrected chi connectivity index (χ2v) is 12.6. The molecule has 2 aromatic rings. The number of rotatable bonds is 22. The first-order chi connectivity index (χ1) is 22.6. The van der Waals surface area contributed by atoms with Crippen LogP contribution in [0.3, 0.4) is 0 Å². The van der Waals surface area contributed by atoms with Gasteiger partial charge in [-0.2, -0.15) is 13.8 Å². The van der Waals surface area contributed by atoms with Gasteiger partial charge in [-0.05, 0) is 86.8 Å². The number of hydrogen-bond acceptors (Lipinski definition) is 0. The Bertz CT molecular complexity index is 1160. The number of allylic oxidation sites excluding steroid dienone is 2. The largest absolute Gasteiger partial charge is 2.00 e. The zero-order valence-corrected chi connectivity index (χ0v) is 32.9. The van der Waals surface area contributed by atoms with Crippen molar-refractivity contribution in [2.24, 2.45) is 0 Å². The summed E-state index contributed by atoms with van der Waals surface area (Å²) >= 11 is 0. The van der Waals surface area contributed by atoms with Crippen molar-refractivity contribution in [3.63, 3.8) is 0 Å². The van der Waals surface area contributed by atoms with Crippen LogP contribution in [-0.2, 0) is 33.3 Å². The SMILES string of the molecule is CCCCCCCCC1=C(c2cccc(CCCCCC)c2)[N+](=[N-])C(c2cccc(CCCCCC)c2)=C1CCCC.[CH2-]C.[CH2-]C.[Pd+2]. The van der Waals surface area contributed by atoms with Gasteiger partial charge in [-0.15, -0.1) is 0 Å². The van der Waals surface area contributed by atoms with Crippen LogP contribution in [0, 0.1) is 13.8 Å². The van der Waals surface area contributed by atoms with Crippen LogP contribution in [0.5, 0.6) is 0 Å². The van der Waals surface area contributed by atoms with E-state index in [0.717, 1.165) is 49.9 Å². The molecule has 0 atom stereocenters. The molecule has 0 amide bonds. The van der Waals surface area contributed by atoms with E-state index in [-0.39, 0.29) is 20.4 Å². The van der Waals surface area contributed by atoms with Crippen LogP contribution in [0.1, 0.15) is 179 Å². The molecular formula is C44H70N2Pd. The third-order valence-electron chi connectivity index (χ3n) is 8.96. The smallest absolute Gasteiger partial charge is 0.493 e. The number of hydrogen-bond donors (Lipinski definition) is 0. The van der Waals surface area contributed by atoms with Gasteiger partial charge in [0.15, 0.2) is 0 Å². The monoisotopic (exact) mass is 732 g/mol. The summed E-state index contributed by atoms with van der Waals surface area (Å²) in [5.41, 5.74) is 22.0. The number of nitrogens with zero attached hydrogens (tertiary/aromatic N) is 2. The Morgan fingerprint density at radius 3 is 1.23 bits per heavy atom. The molecule has 0 radical (unpaired) electrons. The Kier molecular flexibility index (Phi) is 28.0. The summed E-state index contributed by atoms with van der Waals surface area (Å²) in [5, 5.41) is 0. The summed E-state index contributed by atoms with van der Waals surface area (Å²) in [6, 6.07) is 18.1. The van der Waals surface area contributed by atoms with Gasteiger partial charge in [0.1, 0.15) is 0 Å². The van der Waals surface area contributed by atoms with E-state index >= 15 is 0 Å². The second kappa shape index (κ2) is 29.1. The molecule has 3 heteroatoms. The van der Waals surface area contributed by atoms with Crippen molar-refractivity contribution in [3.8, 4) is 0 Å². The van der Waals surface area contributed by atoms with Crippen molar-refractivity contribution < 1.29 is 25.1 Å². The second-order valence-electron chi connectivity index (χ2n) is 12.6. The number of benzene rings is 2. The maximum Gasteiger partial charge on any atom is 2.00 e. The average Bonchev–Trinajstić information content (AvgIpc) is 3.38. The third kappa shape index (κ3) is 16.0. The molecule has 0 bridgehead atoms. The van der Waals surface area contributed by atoms with Crippen LogP contribution >= 0.6 is 0 Å². The quantitative estimate of drug-likeness (QED) is 0.0498. The van der Waals surface area contributed by atoms with Crippen LogP contribution in [0.4, 0.5) is 0 Å². The van der Waals surface area contributed by atoms with Gasteiger partial charge in [0.05, 0.1) is 0 Å². The summed E-state index contributed by atoms with van der Waals surface area (Å²) in [7, 11) is 0. The number of aryl methyl sites for hydroxylation is 2. The van der Waals surface area contributed by atoms with Gasteiger partial charge in [0.25, 0.3) is 0 Å². The molecule has 1 aliphatic rings. The fraction of sp³-hybridized carbons (Fsp3) is 0.591. The molecule has 0 spiro atoms. The van der Waals surface area contributed by atoms with E-state index in [1.807, 2.05) is 0 Å². The molecule has 47 heavy (non-hydrogen) atoms. The summed E-state index contributed by atoms with van der Waals surface area (Å²) in [5.74, 6) is 0. The molecule has 0 saturated heterocycles. The van der Waals surface area contributed by atoms with Crippen molar-refractivity contribution >= 4 is 11.4 Å². The maximum absolute atomic E-state index is 12.1. The molecule has 0 aliphatic carbocycles. The Labute approximate surface area is 306 Å². The standard InChI is InChI=1S/C40H60N2.2C2H5.Pd/c1-5-9-13-16-17-20-30-38-37(29-12-8-4)39(35-27-21-25-33(31-35)23-18-14-10-6-2)42(41)40(38)36-28-22-26-34(32-36)24-19-15-11-7-3;2*1-2;/h21-22,25-28,31-32H,5-20,23-24,29-30H2,1-4H3;2*1H2,2H3;/q;2*-1;+2. The van der Waals surface area contributed by atoms with E-state index in [1.165, 1.54) is 123 Å². The van der Waals surface area contributed by atoms with Crippen LogP contribution in [0.2, 0.25) is 0 Å². The molecule has 1 heterocycles. The summed E-state index contributed by atoms with van der Waals surface area (Å²) in [6.45, 7) is 19.1. The normalized spacial score (nSPS) is 12.4.